The molecule has 0 aliphatic carbocycles. The maximum Gasteiger partial charge on any atom is 0.165 e. The number of aryl methyl sites for hydroxylation is 1. The predicted molar refractivity (Wildman–Crippen MR) is 72.0 cm³/mol. The van der Waals surface area contributed by atoms with Crippen LogP contribution in [0.3, 0.4) is 0 Å². The number of imidazole rings is 1. The third kappa shape index (κ3) is 1.71. The van der Waals surface area contributed by atoms with Gasteiger partial charge in [0.15, 0.2) is 17.0 Å². The molecule has 0 N–H and O–H groups in total. The van der Waals surface area contributed by atoms with Crippen LogP contribution in [0.15, 0.2) is 12.4 Å². The Morgan fingerprint density at radius 3 is 2.89 bits per heavy atom. The highest BCUT2D eigenvalue weighted by Gasteiger charge is 2.20. The van der Waals surface area contributed by atoms with Gasteiger partial charge in [0.2, 0.25) is 0 Å². The van der Waals surface area contributed by atoms with Crippen LogP contribution in [-0.4, -0.2) is 45.8 Å². The Labute approximate surface area is 110 Å². The highest BCUT2D eigenvalue weighted by molar-refractivity contribution is 5.85. The lowest BCUT2D eigenvalue weighted by Crippen LogP contribution is -2.36. The van der Waals surface area contributed by atoms with Gasteiger partial charge in [0.05, 0.1) is 13.2 Å². The number of fused-ring (bicyclic) bond motifs is 3. The molecule has 0 bridgehead atoms. The van der Waals surface area contributed by atoms with E-state index in [1.807, 2.05) is 0 Å². The number of hydrogen-bond acceptors (Lipinski definition) is 5. The topological polar surface area (TPSA) is 56.1 Å². The van der Waals surface area contributed by atoms with Gasteiger partial charge in [-0.05, 0) is 12.5 Å². The average Bonchev–Trinajstić information content (AvgIpc) is 2.87. The molecule has 0 aromatic carbocycles. The molecule has 6 heteroatoms. The summed E-state index contributed by atoms with van der Waals surface area (Å²) in [6, 6.07) is 0. The summed E-state index contributed by atoms with van der Waals surface area (Å²) in [4.78, 5) is 15.8. The van der Waals surface area contributed by atoms with Gasteiger partial charge in [-0.3, -0.25) is 0 Å². The summed E-state index contributed by atoms with van der Waals surface area (Å²) in [7, 11) is 0. The van der Waals surface area contributed by atoms with Gasteiger partial charge in [-0.15, -0.1) is 0 Å². The number of allylic oxidation sites excluding steroid dienone is 1. The van der Waals surface area contributed by atoms with Gasteiger partial charge < -0.3 is 14.2 Å². The summed E-state index contributed by atoms with van der Waals surface area (Å²) in [5.41, 5.74) is 1.85. The van der Waals surface area contributed by atoms with Crippen LogP contribution in [-0.2, 0) is 11.3 Å². The Balaban J connectivity index is 1.87. The first-order valence-electron chi connectivity index (χ1n) is 6.64. The molecule has 0 saturated carbocycles. The number of rotatable bonds is 1. The summed E-state index contributed by atoms with van der Waals surface area (Å²) < 4.78 is 7.56. The van der Waals surface area contributed by atoms with Gasteiger partial charge in [-0.25, -0.2) is 15.0 Å². The fourth-order valence-electron chi connectivity index (χ4n) is 2.69. The number of anilines is 1. The van der Waals surface area contributed by atoms with Crippen molar-refractivity contribution in [1.29, 1.82) is 0 Å². The first kappa shape index (κ1) is 10.9. The zero-order valence-electron chi connectivity index (χ0n) is 10.6. The normalized spacial score (nSPS) is 18.8. The van der Waals surface area contributed by atoms with Crippen molar-refractivity contribution in [1.82, 2.24) is 19.5 Å². The number of aromatic nitrogens is 4. The van der Waals surface area contributed by atoms with E-state index in [-0.39, 0.29) is 0 Å². The molecule has 6 nitrogen and oxygen atoms in total. The van der Waals surface area contributed by atoms with E-state index in [4.69, 9.17) is 9.72 Å². The van der Waals surface area contributed by atoms with Gasteiger partial charge in [-0.1, -0.05) is 6.08 Å². The van der Waals surface area contributed by atoms with Crippen molar-refractivity contribution in [3.05, 3.63) is 18.2 Å². The lowest BCUT2D eigenvalue weighted by Gasteiger charge is -2.27. The molecule has 2 aromatic rings. The van der Waals surface area contributed by atoms with E-state index in [1.165, 1.54) is 0 Å². The molecule has 4 heterocycles. The monoisotopic (exact) mass is 257 g/mol. The molecule has 0 radical (unpaired) electrons. The van der Waals surface area contributed by atoms with Crippen LogP contribution in [0.5, 0.6) is 0 Å². The highest BCUT2D eigenvalue weighted by atomic mass is 16.5. The van der Waals surface area contributed by atoms with Gasteiger partial charge in [0, 0.05) is 19.6 Å². The van der Waals surface area contributed by atoms with Crippen molar-refractivity contribution in [2.45, 2.75) is 13.0 Å². The largest absolute Gasteiger partial charge is 0.378 e. The van der Waals surface area contributed by atoms with E-state index >= 15 is 0 Å². The Morgan fingerprint density at radius 2 is 2.00 bits per heavy atom. The Bertz CT molecular complexity index is 642. The Hall–Kier alpha value is -1.95. The minimum atomic E-state index is 0.749. The van der Waals surface area contributed by atoms with Gasteiger partial charge in [0.1, 0.15) is 12.2 Å². The molecule has 4 rings (SSSR count). The maximum atomic E-state index is 5.39. The molecular formula is C13H15N5O. The second-order valence-electron chi connectivity index (χ2n) is 4.78. The smallest absolute Gasteiger partial charge is 0.165 e. The van der Waals surface area contributed by atoms with Crippen molar-refractivity contribution in [3.8, 4) is 0 Å². The van der Waals surface area contributed by atoms with Gasteiger partial charge >= 0.3 is 0 Å². The van der Waals surface area contributed by atoms with Crippen molar-refractivity contribution < 1.29 is 4.74 Å². The lowest BCUT2D eigenvalue weighted by atomic mass is 10.3. The number of morpholine rings is 1. The highest BCUT2D eigenvalue weighted by Crippen LogP contribution is 2.26. The number of ether oxygens (including phenoxy) is 1. The van der Waals surface area contributed by atoms with Crippen LogP contribution in [0.1, 0.15) is 12.2 Å². The molecule has 0 amide bonds. The van der Waals surface area contributed by atoms with Crippen molar-refractivity contribution >= 4 is 23.1 Å². The first-order valence-corrected chi connectivity index (χ1v) is 6.64. The van der Waals surface area contributed by atoms with Gasteiger partial charge in [0.25, 0.3) is 0 Å². The lowest BCUT2D eigenvalue weighted by molar-refractivity contribution is 0.122. The van der Waals surface area contributed by atoms with Crippen LogP contribution < -0.4 is 4.90 Å². The van der Waals surface area contributed by atoms with Crippen LogP contribution in [0, 0.1) is 0 Å². The van der Waals surface area contributed by atoms with Crippen LogP contribution in [0.4, 0.5) is 5.82 Å². The molecule has 0 atom stereocenters. The van der Waals surface area contributed by atoms with E-state index in [0.29, 0.717) is 0 Å². The second-order valence-corrected chi connectivity index (χ2v) is 4.78. The fourth-order valence-corrected chi connectivity index (χ4v) is 2.69. The molecule has 98 valence electrons. The third-order valence-corrected chi connectivity index (χ3v) is 3.64. The number of nitrogens with zero attached hydrogens (tertiary/aromatic N) is 5. The van der Waals surface area contributed by atoms with E-state index in [2.05, 4.69) is 31.6 Å². The van der Waals surface area contributed by atoms with Crippen LogP contribution in [0.25, 0.3) is 17.2 Å². The van der Waals surface area contributed by atoms with Crippen molar-refractivity contribution in [3.63, 3.8) is 0 Å². The standard InChI is InChI=1S/C13H15N5O/c1-2-4-18-10(3-1)16-11-12(14-9-15-13(11)18)17-5-7-19-8-6-17/h1,3,9H,2,4-8H2. The Morgan fingerprint density at radius 1 is 1.11 bits per heavy atom. The molecule has 19 heavy (non-hydrogen) atoms. The molecule has 1 saturated heterocycles. The minimum Gasteiger partial charge on any atom is -0.378 e. The molecule has 2 aliphatic heterocycles. The molecule has 2 aliphatic rings. The summed E-state index contributed by atoms with van der Waals surface area (Å²) in [5, 5.41) is 0. The number of hydrogen-bond donors (Lipinski definition) is 0. The molecule has 0 unspecified atom stereocenters. The van der Waals surface area contributed by atoms with E-state index < -0.39 is 0 Å². The third-order valence-electron chi connectivity index (χ3n) is 3.64. The average molecular weight is 257 g/mol. The quantitative estimate of drug-likeness (QED) is 0.765. The molecule has 2 aromatic heterocycles. The van der Waals surface area contributed by atoms with E-state index in [1.54, 1.807) is 6.33 Å². The van der Waals surface area contributed by atoms with Crippen molar-refractivity contribution in [2.75, 3.05) is 31.2 Å². The molecule has 0 spiro atoms. The second kappa shape index (κ2) is 4.31. The summed E-state index contributed by atoms with van der Waals surface area (Å²) in [6.07, 6.45) is 6.90. The fraction of sp³-hybridized carbons (Fsp3) is 0.462. The van der Waals surface area contributed by atoms with E-state index in [9.17, 15) is 0 Å². The SMILES string of the molecule is C1=Cc2nc3c(N4CCOCC4)ncnc3n2CC1. The molecular weight excluding hydrogens is 242 g/mol. The first-order chi connectivity index (χ1) is 9.43. The summed E-state index contributed by atoms with van der Waals surface area (Å²) >= 11 is 0. The molecule has 1 fully saturated rings. The minimum absolute atomic E-state index is 0.749. The van der Waals surface area contributed by atoms with Gasteiger partial charge in [-0.2, -0.15) is 0 Å². The Kier molecular flexibility index (Phi) is 2.48. The summed E-state index contributed by atoms with van der Waals surface area (Å²) in [5.74, 6) is 1.92. The van der Waals surface area contributed by atoms with E-state index in [0.717, 1.165) is 62.1 Å². The zero-order valence-corrected chi connectivity index (χ0v) is 10.6. The zero-order chi connectivity index (χ0) is 12.7. The van der Waals surface area contributed by atoms with Crippen LogP contribution in [0.2, 0.25) is 0 Å². The maximum absolute atomic E-state index is 5.39. The summed E-state index contributed by atoms with van der Waals surface area (Å²) in [6.45, 7) is 4.17. The van der Waals surface area contributed by atoms with Crippen molar-refractivity contribution in [2.24, 2.45) is 0 Å². The van der Waals surface area contributed by atoms with Crippen LogP contribution >= 0.6 is 0 Å². The predicted octanol–water partition coefficient (Wildman–Crippen LogP) is 1.08.